The molecule has 7 heteroatoms. The van der Waals surface area contributed by atoms with Gasteiger partial charge < -0.3 is 24.8 Å². The van der Waals surface area contributed by atoms with Crippen molar-refractivity contribution in [1.29, 1.82) is 0 Å². The van der Waals surface area contributed by atoms with Gasteiger partial charge >= 0.3 is 0 Å². The number of H-pyrrole nitrogens is 1. The number of hydrogen-bond donors (Lipinski definition) is 2. The van der Waals surface area contributed by atoms with E-state index in [9.17, 15) is 4.79 Å². The third-order valence-corrected chi connectivity index (χ3v) is 5.62. The number of ether oxygens (including phenoxy) is 1. The molecule has 164 valence electrons. The molecule has 2 N–H and O–H groups in total. The van der Waals surface area contributed by atoms with Crippen LogP contribution >= 0.6 is 0 Å². The van der Waals surface area contributed by atoms with Crippen LogP contribution in [0.15, 0.2) is 42.5 Å². The van der Waals surface area contributed by atoms with Crippen molar-refractivity contribution in [2.75, 3.05) is 51.8 Å². The van der Waals surface area contributed by atoms with Crippen molar-refractivity contribution in [2.24, 2.45) is 0 Å². The molecule has 0 atom stereocenters. The number of nitrogens with one attached hydrogen (secondary N) is 2. The number of piperazine rings is 1. The number of unbranched alkanes of at least 4 members (excludes halogenated alkanes) is 1. The first-order chi connectivity index (χ1) is 15.1. The summed E-state index contributed by atoms with van der Waals surface area (Å²) in [7, 11) is 4.05. The molecule has 31 heavy (non-hydrogen) atoms. The van der Waals surface area contributed by atoms with Gasteiger partial charge in [0.1, 0.15) is 5.75 Å². The highest BCUT2D eigenvalue weighted by molar-refractivity contribution is 5.94. The summed E-state index contributed by atoms with van der Waals surface area (Å²) in [6.07, 6.45) is 3.00. The van der Waals surface area contributed by atoms with Crippen molar-refractivity contribution in [1.82, 2.24) is 20.2 Å². The van der Waals surface area contributed by atoms with Crippen LogP contribution in [-0.2, 0) is 6.42 Å². The zero-order chi connectivity index (χ0) is 21.6. The quantitative estimate of drug-likeness (QED) is 0.547. The Kier molecular flexibility index (Phi) is 6.72. The Morgan fingerprint density at radius 1 is 1.13 bits per heavy atom. The number of aromatic nitrogens is 2. The number of nitrogens with zero attached hydrogens (tertiary/aromatic N) is 3. The number of carbonyl (C=O) groups is 1. The Balaban J connectivity index is 1.28. The van der Waals surface area contributed by atoms with Crippen LogP contribution in [0, 0.1) is 0 Å². The first kappa shape index (κ1) is 21.2. The molecule has 1 fully saturated rings. The van der Waals surface area contributed by atoms with E-state index in [0.29, 0.717) is 12.4 Å². The lowest BCUT2D eigenvalue weighted by Crippen LogP contribution is -2.46. The second-order valence-electron chi connectivity index (χ2n) is 8.18. The Labute approximate surface area is 183 Å². The molecule has 1 aliphatic heterocycles. The maximum Gasteiger partial charge on any atom is 0.289 e. The van der Waals surface area contributed by atoms with E-state index < -0.39 is 0 Å². The van der Waals surface area contributed by atoms with Crippen molar-refractivity contribution in [3.05, 3.63) is 53.9 Å². The summed E-state index contributed by atoms with van der Waals surface area (Å²) in [5.74, 6) is 1.32. The molecule has 0 unspecified atom stereocenters. The monoisotopic (exact) mass is 421 g/mol. The second-order valence-corrected chi connectivity index (χ2v) is 8.18. The molecule has 7 nitrogen and oxygen atoms in total. The molecule has 0 saturated carbocycles. The first-order valence-corrected chi connectivity index (χ1v) is 11.0. The minimum absolute atomic E-state index is 0.0188. The minimum atomic E-state index is -0.0188. The fraction of sp³-hybridized carbons (Fsp3) is 0.417. The highest BCUT2D eigenvalue weighted by Gasteiger charge is 2.20. The van der Waals surface area contributed by atoms with Gasteiger partial charge in [0.25, 0.3) is 5.91 Å². The zero-order valence-electron chi connectivity index (χ0n) is 18.4. The van der Waals surface area contributed by atoms with Gasteiger partial charge in [0.05, 0.1) is 17.6 Å². The van der Waals surface area contributed by atoms with E-state index in [2.05, 4.69) is 44.5 Å². The molecular formula is C24H31N5O2. The van der Waals surface area contributed by atoms with Crippen molar-refractivity contribution in [2.45, 2.75) is 19.3 Å². The topological polar surface area (TPSA) is 73.5 Å². The standard InChI is InChI=1S/C24H31N5O2/c1-28(2)19-7-5-8-20(17-19)31-15-4-3-6-18-9-10-21-22(16-18)27-23(26-21)24(30)29-13-11-25-12-14-29/h5,7-10,16-17,25H,3-4,6,11-15H2,1-2H3,(H,26,27). The van der Waals surface area contributed by atoms with Crippen molar-refractivity contribution >= 4 is 22.6 Å². The number of aromatic amines is 1. The normalized spacial score (nSPS) is 14.1. The van der Waals surface area contributed by atoms with Crippen LogP contribution in [-0.4, -0.2) is 67.7 Å². The van der Waals surface area contributed by atoms with Crippen molar-refractivity contribution in [3.8, 4) is 5.75 Å². The van der Waals surface area contributed by atoms with E-state index in [-0.39, 0.29) is 5.91 Å². The van der Waals surface area contributed by atoms with Crippen molar-refractivity contribution in [3.63, 3.8) is 0 Å². The summed E-state index contributed by atoms with van der Waals surface area (Å²) in [5, 5.41) is 3.26. The van der Waals surface area contributed by atoms with Crippen LogP contribution < -0.4 is 15.0 Å². The molecule has 3 aromatic rings. The second kappa shape index (κ2) is 9.83. The molecule has 1 aromatic heterocycles. The fourth-order valence-corrected chi connectivity index (χ4v) is 3.80. The summed E-state index contributed by atoms with van der Waals surface area (Å²) in [6, 6.07) is 14.4. The van der Waals surface area contributed by atoms with Crippen LogP contribution in [0.2, 0.25) is 0 Å². The summed E-state index contributed by atoms with van der Waals surface area (Å²) in [4.78, 5) is 24.3. The molecule has 0 aliphatic carbocycles. The molecule has 1 amide bonds. The number of hydrogen-bond acceptors (Lipinski definition) is 5. The lowest BCUT2D eigenvalue weighted by Gasteiger charge is -2.26. The molecule has 0 bridgehead atoms. The molecular weight excluding hydrogens is 390 g/mol. The Hall–Kier alpha value is -3.06. The SMILES string of the molecule is CN(C)c1cccc(OCCCCc2ccc3nc(C(=O)N4CCNCC4)[nH]c3c2)c1. The van der Waals surface area contributed by atoms with Crippen LogP contribution in [0.25, 0.3) is 11.0 Å². The number of aryl methyl sites for hydroxylation is 1. The Bertz CT molecular complexity index is 1020. The van der Waals surface area contributed by atoms with Gasteiger partial charge in [-0.2, -0.15) is 0 Å². The first-order valence-electron chi connectivity index (χ1n) is 11.0. The number of imidazole rings is 1. The molecule has 1 aliphatic rings. The molecule has 4 rings (SSSR count). The summed E-state index contributed by atoms with van der Waals surface area (Å²) < 4.78 is 5.90. The van der Waals surface area contributed by atoms with E-state index in [1.807, 2.05) is 37.2 Å². The zero-order valence-corrected chi connectivity index (χ0v) is 18.4. The number of rotatable bonds is 8. The summed E-state index contributed by atoms with van der Waals surface area (Å²) >= 11 is 0. The lowest BCUT2D eigenvalue weighted by molar-refractivity contribution is 0.0725. The van der Waals surface area contributed by atoms with E-state index in [1.54, 1.807) is 0 Å². The van der Waals surface area contributed by atoms with Gasteiger partial charge in [0.15, 0.2) is 5.82 Å². The smallest absolute Gasteiger partial charge is 0.289 e. The van der Waals surface area contributed by atoms with Gasteiger partial charge in [-0.3, -0.25) is 4.79 Å². The molecule has 2 heterocycles. The molecule has 0 radical (unpaired) electrons. The van der Waals surface area contributed by atoms with Gasteiger partial charge in [-0.1, -0.05) is 12.1 Å². The summed E-state index contributed by atoms with van der Waals surface area (Å²) in [6.45, 7) is 3.82. The number of fused-ring (bicyclic) bond motifs is 1. The van der Waals surface area contributed by atoms with Gasteiger partial charge in [0.2, 0.25) is 0 Å². The average Bonchev–Trinajstić information content (AvgIpc) is 3.22. The van der Waals surface area contributed by atoms with Crippen LogP contribution in [0.5, 0.6) is 5.75 Å². The third kappa shape index (κ3) is 5.35. The number of amides is 1. The van der Waals surface area contributed by atoms with E-state index >= 15 is 0 Å². The van der Waals surface area contributed by atoms with Gasteiger partial charge in [-0.15, -0.1) is 0 Å². The lowest BCUT2D eigenvalue weighted by atomic mass is 10.1. The van der Waals surface area contributed by atoms with Crippen LogP contribution in [0.3, 0.4) is 0 Å². The Morgan fingerprint density at radius 3 is 2.77 bits per heavy atom. The number of carbonyl (C=O) groups excluding carboxylic acids is 1. The van der Waals surface area contributed by atoms with Gasteiger partial charge in [-0.25, -0.2) is 4.98 Å². The van der Waals surface area contributed by atoms with Crippen LogP contribution in [0.4, 0.5) is 5.69 Å². The highest BCUT2D eigenvalue weighted by Crippen LogP contribution is 2.20. The molecule has 2 aromatic carbocycles. The van der Waals surface area contributed by atoms with Crippen LogP contribution in [0.1, 0.15) is 29.0 Å². The Morgan fingerprint density at radius 2 is 1.97 bits per heavy atom. The third-order valence-electron chi connectivity index (χ3n) is 5.62. The molecule has 1 saturated heterocycles. The van der Waals surface area contributed by atoms with Gasteiger partial charge in [0, 0.05) is 52.0 Å². The van der Waals surface area contributed by atoms with E-state index in [1.165, 1.54) is 5.56 Å². The van der Waals surface area contributed by atoms with E-state index in [4.69, 9.17) is 4.74 Å². The molecule has 0 spiro atoms. The van der Waals surface area contributed by atoms with E-state index in [0.717, 1.165) is 67.9 Å². The fourth-order valence-electron chi connectivity index (χ4n) is 3.80. The highest BCUT2D eigenvalue weighted by atomic mass is 16.5. The maximum atomic E-state index is 12.7. The predicted molar refractivity (Wildman–Crippen MR) is 124 cm³/mol. The average molecular weight is 422 g/mol. The summed E-state index contributed by atoms with van der Waals surface area (Å²) in [5.41, 5.74) is 4.14. The number of anilines is 1. The largest absolute Gasteiger partial charge is 0.494 e. The number of benzene rings is 2. The van der Waals surface area contributed by atoms with Crippen molar-refractivity contribution < 1.29 is 9.53 Å². The predicted octanol–water partition coefficient (Wildman–Crippen LogP) is 3.08. The maximum absolute atomic E-state index is 12.7. The van der Waals surface area contributed by atoms with Gasteiger partial charge in [-0.05, 0) is 49.1 Å². The minimum Gasteiger partial charge on any atom is -0.494 e.